The zero-order valence-corrected chi connectivity index (χ0v) is 9.51. The minimum atomic E-state index is 0.185. The molecule has 0 saturated heterocycles. The first-order valence-electron chi connectivity index (χ1n) is 4.97. The van der Waals surface area contributed by atoms with Crippen LogP contribution in [0, 0.1) is 0 Å². The van der Waals surface area contributed by atoms with Crippen LogP contribution in [-0.2, 0) is 4.74 Å². The molecule has 4 nitrogen and oxygen atoms in total. The zero-order chi connectivity index (χ0) is 10.2. The van der Waals surface area contributed by atoms with Crippen LogP contribution in [0.3, 0.4) is 0 Å². The lowest BCUT2D eigenvalue weighted by Gasteiger charge is -2.14. The normalized spacial score (nSPS) is 13.0. The molecule has 0 aliphatic carbocycles. The van der Waals surface area contributed by atoms with Gasteiger partial charge < -0.3 is 10.1 Å². The fourth-order valence-electron chi connectivity index (χ4n) is 1.17. The molecule has 1 rings (SSSR count). The summed E-state index contributed by atoms with van der Waals surface area (Å²) in [5, 5.41) is 3.32. The van der Waals surface area contributed by atoms with Gasteiger partial charge in [0.25, 0.3) is 0 Å². The lowest BCUT2D eigenvalue weighted by molar-refractivity contribution is 0.111. The van der Waals surface area contributed by atoms with Crippen molar-refractivity contribution in [2.75, 3.05) is 19.8 Å². The van der Waals surface area contributed by atoms with Gasteiger partial charge in [-0.1, -0.05) is 13.8 Å². The molecule has 0 aliphatic heterocycles. The van der Waals surface area contributed by atoms with Crippen LogP contribution in [0.2, 0.25) is 0 Å². The van der Waals surface area contributed by atoms with Crippen LogP contribution in [0.5, 0.6) is 0 Å². The molecule has 0 radical (unpaired) electrons. The zero-order valence-electron chi connectivity index (χ0n) is 8.69. The van der Waals surface area contributed by atoms with Crippen LogP contribution in [0.1, 0.15) is 32.0 Å². The first kappa shape index (κ1) is 11.6. The fourth-order valence-corrected chi connectivity index (χ4v) is 1.64. The van der Waals surface area contributed by atoms with Crippen LogP contribution < -0.4 is 5.32 Å². The Morgan fingerprint density at radius 2 is 2.43 bits per heavy atom. The monoisotopic (exact) mass is 215 g/mol. The summed E-state index contributed by atoms with van der Waals surface area (Å²) in [5.74, 6) is 0. The van der Waals surface area contributed by atoms with E-state index in [1.165, 1.54) is 11.7 Å². The lowest BCUT2D eigenvalue weighted by atomic mass is 10.2. The van der Waals surface area contributed by atoms with Crippen molar-refractivity contribution in [2.45, 2.75) is 26.3 Å². The third-order valence-electron chi connectivity index (χ3n) is 1.82. The number of aromatic nitrogens is 2. The molecule has 0 saturated carbocycles. The second-order valence-electron chi connectivity index (χ2n) is 3.02. The van der Waals surface area contributed by atoms with E-state index in [1.54, 1.807) is 6.20 Å². The number of likely N-dealkylation sites (N-methyl/N-ethyl adjacent to an activating group) is 1. The summed E-state index contributed by atoms with van der Waals surface area (Å²) in [6, 6.07) is 0.185. The summed E-state index contributed by atoms with van der Waals surface area (Å²) in [7, 11) is 0. The molecule has 0 aromatic carbocycles. The van der Waals surface area contributed by atoms with Crippen LogP contribution in [0.25, 0.3) is 0 Å². The Morgan fingerprint density at radius 1 is 1.57 bits per heavy atom. The minimum Gasteiger partial charge on any atom is -0.379 e. The molecule has 1 heterocycles. The van der Waals surface area contributed by atoms with Gasteiger partial charge in [-0.3, -0.25) is 0 Å². The van der Waals surface area contributed by atoms with E-state index in [1.807, 2.05) is 0 Å². The van der Waals surface area contributed by atoms with Gasteiger partial charge >= 0.3 is 0 Å². The van der Waals surface area contributed by atoms with Crippen molar-refractivity contribution in [2.24, 2.45) is 0 Å². The van der Waals surface area contributed by atoms with Gasteiger partial charge in [0.1, 0.15) is 0 Å². The van der Waals surface area contributed by atoms with E-state index in [-0.39, 0.29) is 6.04 Å². The molecule has 1 atom stereocenters. The Kier molecular flexibility index (Phi) is 5.66. The van der Waals surface area contributed by atoms with E-state index >= 15 is 0 Å². The van der Waals surface area contributed by atoms with Crippen molar-refractivity contribution in [1.82, 2.24) is 14.1 Å². The Balaban J connectivity index is 2.39. The van der Waals surface area contributed by atoms with Crippen molar-refractivity contribution in [3.8, 4) is 0 Å². The summed E-state index contributed by atoms with van der Waals surface area (Å²) >= 11 is 1.24. The summed E-state index contributed by atoms with van der Waals surface area (Å²) in [6.07, 6.45) is 2.85. The third-order valence-corrected chi connectivity index (χ3v) is 2.31. The van der Waals surface area contributed by atoms with E-state index in [2.05, 4.69) is 27.9 Å². The molecule has 0 fully saturated rings. The van der Waals surface area contributed by atoms with Crippen molar-refractivity contribution >= 4 is 11.7 Å². The highest BCUT2D eigenvalue weighted by atomic mass is 32.1. The van der Waals surface area contributed by atoms with Crippen molar-refractivity contribution in [3.63, 3.8) is 0 Å². The molecule has 0 amide bonds. The van der Waals surface area contributed by atoms with Crippen LogP contribution >= 0.6 is 11.7 Å². The number of hydrogen-bond acceptors (Lipinski definition) is 5. The van der Waals surface area contributed by atoms with Crippen LogP contribution in [-0.4, -0.2) is 28.5 Å². The minimum absolute atomic E-state index is 0.185. The highest BCUT2D eigenvalue weighted by Gasteiger charge is 2.12. The van der Waals surface area contributed by atoms with Gasteiger partial charge in [0.15, 0.2) is 0 Å². The Morgan fingerprint density at radius 3 is 3.00 bits per heavy atom. The summed E-state index contributed by atoms with van der Waals surface area (Å²) in [6.45, 7) is 6.57. The highest BCUT2D eigenvalue weighted by Crippen LogP contribution is 2.10. The highest BCUT2D eigenvalue weighted by molar-refractivity contribution is 6.99. The standard InChI is InChI=1S/C9H17N3OS/c1-3-5-13-7-9(10-4-2)8-6-11-14-12-8/h6,9-10H,3-5,7H2,1-2H3. The van der Waals surface area contributed by atoms with E-state index in [0.717, 1.165) is 25.3 Å². The Bertz CT molecular complexity index is 228. The maximum Gasteiger partial charge on any atom is 0.0935 e. The van der Waals surface area contributed by atoms with Crippen molar-refractivity contribution in [1.29, 1.82) is 0 Å². The predicted molar refractivity (Wildman–Crippen MR) is 57.4 cm³/mol. The third kappa shape index (κ3) is 3.69. The van der Waals surface area contributed by atoms with Gasteiger partial charge in [-0.15, -0.1) is 0 Å². The summed E-state index contributed by atoms with van der Waals surface area (Å²) < 4.78 is 13.7. The molecule has 1 unspecified atom stereocenters. The van der Waals surface area contributed by atoms with Gasteiger partial charge in [-0.05, 0) is 13.0 Å². The van der Waals surface area contributed by atoms with Gasteiger partial charge in [-0.25, -0.2) is 0 Å². The van der Waals surface area contributed by atoms with E-state index in [0.29, 0.717) is 6.61 Å². The van der Waals surface area contributed by atoms with E-state index in [9.17, 15) is 0 Å². The Labute approximate surface area is 89.0 Å². The molecule has 0 aliphatic rings. The first-order valence-corrected chi connectivity index (χ1v) is 5.70. The van der Waals surface area contributed by atoms with Gasteiger partial charge in [-0.2, -0.15) is 8.75 Å². The van der Waals surface area contributed by atoms with E-state index < -0.39 is 0 Å². The maximum atomic E-state index is 5.50. The van der Waals surface area contributed by atoms with Gasteiger partial charge in [0.2, 0.25) is 0 Å². The lowest BCUT2D eigenvalue weighted by Crippen LogP contribution is -2.25. The molecule has 1 aromatic heterocycles. The van der Waals surface area contributed by atoms with Crippen molar-refractivity contribution in [3.05, 3.63) is 11.9 Å². The molecule has 14 heavy (non-hydrogen) atoms. The molecule has 0 bridgehead atoms. The van der Waals surface area contributed by atoms with Crippen molar-refractivity contribution < 1.29 is 4.74 Å². The number of ether oxygens (including phenoxy) is 1. The first-order chi connectivity index (χ1) is 6.88. The average molecular weight is 215 g/mol. The molecule has 1 aromatic rings. The van der Waals surface area contributed by atoms with Crippen LogP contribution in [0.15, 0.2) is 6.20 Å². The van der Waals surface area contributed by atoms with Gasteiger partial charge in [0.05, 0.1) is 36.3 Å². The fraction of sp³-hybridized carbons (Fsp3) is 0.778. The SMILES string of the molecule is CCCOCC(NCC)c1cnsn1. The molecular formula is C9H17N3OS. The van der Waals surface area contributed by atoms with Gasteiger partial charge in [0, 0.05) is 6.61 Å². The Hall–Kier alpha value is -0.520. The summed E-state index contributed by atoms with van der Waals surface area (Å²) in [4.78, 5) is 0. The molecule has 5 heteroatoms. The number of nitrogens with zero attached hydrogens (tertiary/aromatic N) is 2. The maximum absolute atomic E-state index is 5.50. The molecule has 1 N–H and O–H groups in total. The number of nitrogens with one attached hydrogen (secondary N) is 1. The van der Waals surface area contributed by atoms with E-state index in [4.69, 9.17) is 4.74 Å². The average Bonchev–Trinajstić information content (AvgIpc) is 2.70. The smallest absolute Gasteiger partial charge is 0.0935 e. The van der Waals surface area contributed by atoms with Crippen LogP contribution in [0.4, 0.5) is 0 Å². The molecule has 80 valence electrons. The topological polar surface area (TPSA) is 47.0 Å². The number of hydrogen-bond donors (Lipinski definition) is 1. The second-order valence-corrected chi connectivity index (χ2v) is 3.57. The second kappa shape index (κ2) is 6.86. The molecule has 0 spiro atoms. The molecular weight excluding hydrogens is 198 g/mol. The summed E-state index contributed by atoms with van der Waals surface area (Å²) in [5.41, 5.74) is 0.980. The number of rotatable bonds is 7. The quantitative estimate of drug-likeness (QED) is 0.702. The largest absolute Gasteiger partial charge is 0.379 e. The predicted octanol–water partition coefficient (Wildman–Crippen LogP) is 1.62.